The number of hydrogen-bond donors (Lipinski definition) is 1. The van der Waals surface area contributed by atoms with Gasteiger partial charge in [-0.05, 0) is 25.1 Å². The minimum atomic E-state index is -3.84. The smallest absolute Gasteiger partial charge is 0.246 e. The summed E-state index contributed by atoms with van der Waals surface area (Å²) < 4.78 is 39.7. The van der Waals surface area contributed by atoms with Crippen molar-refractivity contribution in [3.63, 3.8) is 0 Å². The quantitative estimate of drug-likeness (QED) is 0.866. The highest BCUT2D eigenvalue weighted by Crippen LogP contribution is 2.21. The number of halogens is 1. The summed E-state index contributed by atoms with van der Waals surface area (Å²) in [6.07, 6.45) is 0. The van der Waals surface area contributed by atoms with Crippen molar-refractivity contribution in [2.24, 2.45) is 0 Å². The third kappa shape index (κ3) is 2.76. The maximum absolute atomic E-state index is 13.8. The van der Waals surface area contributed by atoms with Crippen LogP contribution in [-0.2, 0) is 10.0 Å². The van der Waals surface area contributed by atoms with Gasteiger partial charge in [-0.25, -0.2) is 12.8 Å². The van der Waals surface area contributed by atoms with E-state index in [1.54, 1.807) is 6.07 Å². The van der Waals surface area contributed by atoms with E-state index in [1.165, 1.54) is 10.4 Å². The lowest BCUT2D eigenvalue weighted by atomic mass is 10.2. The van der Waals surface area contributed by atoms with Gasteiger partial charge in [0.15, 0.2) is 0 Å². The summed E-state index contributed by atoms with van der Waals surface area (Å²) in [7, 11) is -3.84. The number of sulfonamides is 1. The highest BCUT2D eigenvalue weighted by atomic mass is 32.2. The van der Waals surface area contributed by atoms with Crippen molar-refractivity contribution in [3.8, 4) is 6.07 Å². The van der Waals surface area contributed by atoms with Crippen LogP contribution in [0.4, 0.5) is 4.39 Å². The number of nitrogens with zero attached hydrogens (tertiary/aromatic N) is 2. The summed E-state index contributed by atoms with van der Waals surface area (Å²) in [6.45, 7) is 3.03. The molecule has 5 nitrogen and oxygen atoms in total. The van der Waals surface area contributed by atoms with Crippen molar-refractivity contribution in [1.29, 1.82) is 5.26 Å². The first-order valence-electron chi connectivity index (χ1n) is 5.88. The maximum Gasteiger partial charge on any atom is 0.246 e. The molecule has 1 saturated heterocycles. The van der Waals surface area contributed by atoms with Gasteiger partial charge >= 0.3 is 0 Å². The van der Waals surface area contributed by atoms with Crippen LogP contribution in [0.1, 0.15) is 12.5 Å². The zero-order valence-corrected chi connectivity index (χ0v) is 11.2. The van der Waals surface area contributed by atoms with E-state index in [4.69, 9.17) is 5.26 Å². The van der Waals surface area contributed by atoms with Gasteiger partial charge < -0.3 is 5.32 Å². The van der Waals surface area contributed by atoms with Gasteiger partial charge in [0.25, 0.3) is 0 Å². The van der Waals surface area contributed by atoms with Crippen LogP contribution >= 0.6 is 0 Å². The average molecular weight is 283 g/mol. The van der Waals surface area contributed by atoms with Crippen LogP contribution in [0, 0.1) is 17.1 Å². The van der Waals surface area contributed by atoms with Crippen molar-refractivity contribution in [2.45, 2.75) is 17.9 Å². The van der Waals surface area contributed by atoms with Crippen LogP contribution in [0.2, 0.25) is 0 Å². The molecule has 0 saturated carbocycles. The Hall–Kier alpha value is -1.49. The second kappa shape index (κ2) is 5.25. The molecule has 0 aliphatic carbocycles. The molecule has 2 rings (SSSR count). The van der Waals surface area contributed by atoms with E-state index in [0.717, 1.165) is 12.1 Å². The van der Waals surface area contributed by atoms with E-state index < -0.39 is 15.8 Å². The van der Waals surface area contributed by atoms with Gasteiger partial charge in [-0.2, -0.15) is 9.57 Å². The molecular formula is C12H14FN3O2S. The van der Waals surface area contributed by atoms with Crippen molar-refractivity contribution in [1.82, 2.24) is 9.62 Å². The second-order valence-electron chi connectivity index (χ2n) is 4.48. The molecule has 19 heavy (non-hydrogen) atoms. The van der Waals surface area contributed by atoms with Crippen LogP contribution in [0.15, 0.2) is 23.1 Å². The Morgan fingerprint density at radius 3 is 2.84 bits per heavy atom. The molecule has 0 radical (unpaired) electrons. The van der Waals surface area contributed by atoms with Gasteiger partial charge in [-0.15, -0.1) is 0 Å². The van der Waals surface area contributed by atoms with E-state index in [0.29, 0.717) is 19.6 Å². The molecule has 0 bridgehead atoms. The molecule has 0 amide bonds. The van der Waals surface area contributed by atoms with Crippen molar-refractivity contribution in [3.05, 3.63) is 29.6 Å². The van der Waals surface area contributed by atoms with Crippen LogP contribution in [0.3, 0.4) is 0 Å². The number of nitriles is 1. The van der Waals surface area contributed by atoms with Crippen molar-refractivity contribution < 1.29 is 12.8 Å². The molecule has 0 aromatic heterocycles. The molecular weight excluding hydrogens is 269 g/mol. The zero-order valence-electron chi connectivity index (χ0n) is 10.4. The molecule has 1 aromatic rings. The molecule has 1 aromatic carbocycles. The second-order valence-corrected chi connectivity index (χ2v) is 6.38. The first-order chi connectivity index (χ1) is 8.95. The summed E-state index contributed by atoms with van der Waals surface area (Å²) >= 11 is 0. The number of benzene rings is 1. The summed E-state index contributed by atoms with van der Waals surface area (Å²) in [5, 5.41) is 11.8. The third-order valence-electron chi connectivity index (χ3n) is 3.01. The summed E-state index contributed by atoms with van der Waals surface area (Å²) in [5.74, 6) is -0.884. The van der Waals surface area contributed by atoms with Gasteiger partial charge in [-0.3, -0.25) is 0 Å². The number of piperazine rings is 1. The normalized spacial score (nSPS) is 21.0. The number of nitrogens with one attached hydrogen (secondary N) is 1. The molecule has 1 heterocycles. The highest BCUT2D eigenvalue weighted by molar-refractivity contribution is 7.89. The molecule has 7 heteroatoms. The number of hydrogen-bond acceptors (Lipinski definition) is 4. The lowest BCUT2D eigenvalue weighted by Crippen LogP contribution is -2.51. The van der Waals surface area contributed by atoms with Gasteiger partial charge in [0.05, 0.1) is 11.6 Å². The first-order valence-corrected chi connectivity index (χ1v) is 7.32. The summed E-state index contributed by atoms with van der Waals surface area (Å²) in [5.41, 5.74) is 0.102. The largest absolute Gasteiger partial charge is 0.312 e. The Morgan fingerprint density at radius 1 is 1.53 bits per heavy atom. The fourth-order valence-electron chi connectivity index (χ4n) is 2.03. The Labute approximate surface area is 111 Å². The van der Waals surface area contributed by atoms with Crippen molar-refractivity contribution in [2.75, 3.05) is 19.6 Å². The van der Waals surface area contributed by atoms with Gasteiger partial charge in [-0.1, -0.05) is 0 Å². The fourth-order valence-corrected chi connectivity index (χ4v) is 3.61. The van der Waals surface area contributed by atoms with E-state index in [1.807, 2.05) is 6.92 Å². The molecule has 0 spiro atoms. The van der Waals surface area contributed by atoms with E-state index >= 15 is 0 Å². The minimum absolute atomic E-state index is 0.0324. The average Bonchev–Trinajstić information content (AvgIpc) is 2.38. The topological polar surface area (TPSA) is 73.2 Å². The molecule has 1 atom stereocenters. The van der Waals surface area contributed by atoms with Gasteiger partial charge in [0.1, 0.15) is 10.7 Å². The summed E-state index contributed by atoms with van der Waals surface area (Å²) in [4.78, 5) is -0.374. The van der Waals surface area contributed by atoms with Crippen LogP contribution in [0.25, 0.3) is 0 Å². The zero-order chi connectivity index (χ0) is 14.0. The molecule has 1 fully saturated rings. The van der Waals surface area contributed by atoms with Crippen molar-refractivity contribution >= 4 is 10.0 Å². The molecule has 1 aliphatic heterocycles. The third-order valence-corrected chi connectivity index (χ3v) is 4.91. The van der Waals surface area contributed by atoms with Crippen LogP contribution in [0.5, 0.6) is 0 Å². The lowest BCUT2D eigenvalue weighted by Gasteiger charge is -2.31. The van der Waals surface area contributed by atoms with Crippen LogP contribution in [-0.4, -0.2) is 38.4 Å². The fraction of sp³-hybridized carbons (Fsp3) is 0.417. The highest BCUT2D eigenvalue weighted by Gasteiger charge is 2.30. The molecule has 1 aliphatic rings. The summed E-state index contributed by atoms with van der Waals surface area (Å²) in [6, 6.07) is 5.21. The Balaban J connectivity index is 2.37. The lowest BCUT2D eigenvalue weighted by molar-refractivity contribution is 0.309. The monoisotopic (exact) mass is 283 g/mol. The van der Waals surface area contributed by atoms with Gasteiger partial charge in [0.2, 0.25) is 10.0 Å². The Bertz CT molecular complexity index is 624. The standard InChI is InChI=1S/C12H14FN3O2S/c1-9-8-16(5-4-15-9)19(17,18)12-3-2-10(7-14)6-11(12)13/h2-3,6,9,15H,4-5,8H2,1H3. The predicted molar refractivity (Wildman–Crippen MR) is 67.3 cm³/mol. The molecule has 1 N–H and O–H groups in total. The molecule has 1 unspecified atom stereocenters. The van der Waals surface area contributed by atoms with Gasteiger partial charge in [0, 0.05) is 25.7 Å². The maximum atomic E-state index is 13.8. The number of rotatable bonds is 2. The first kappa shape index (κ1) is 13.9. The molecule has 102 valence electrons. The minimum Gasteiger partial charge on any atom is -0.312 e. The van der Waals surface area contributed by atoms with E-state index in [-0.39, 0.29) is 16.5 Å². The predicted octanol–water partition coefficient (Wildman–Crippen LogP) is 0.680. The Kier molecular flexibility index (Phi) is 3.85. The Morgan fingerprint density at radius 2 is 2.26 bits per heavy atom. The van der Waals surface area contributed by atoms with Crippen LogP contribution < -0.4 is 5.32 Å². The van der Waals surface area contributed by atoms with E-state index in [2.05, 4.69) is 5.32 Å². The van der Waals surface area contributed by atoms with E-state index in [9.17, 15) is 12.8 Å². The SMILES string of the molecule is CC1CN(S(=O)(=O)c2ccc(C#N)cc2F)CCN1.